The lowest BCUT2D eigenvalue weighted by Crippen LogP contribution is -2.24. The molecule has 0 bridgehead atoms. The Bertz CT molecular complexity index is 918. The van der Waals surface area contributed by atoms with Crippen molar-refractivity contribution < 1.29 is 0 Å². The van der Waals surface area contributed by atoms with Gasteiger partial charge in [-0.3, -0.25) is 0 Å². The first-order chi connectivity index (χ1) is 13.6. The fourth-order valence-electron chi connectivity index (χ4n) is 3.93. The van der Waals surface area contributed by atoms with Crippen LogP contribution in [0.15, 0.2) is 60.8 Å². The van der Waals surface area contributed by atoms with Crippen LogP contribution in [0.1, 0.15) is 30.7 Å². The molecule has 2 aromatic carbocycles. The fraction of sp³-hybridized carbons (Fsp3) is 0.304. The van der Waals surface area contributed by atoms with Gasteiger partial charge in [0.15, 0.2) is 0 Å². The van der Waals surface area contributed by atoms with Crippen molar-refractivity contribution in [1.29, 1.82) is 0 Å². The summed E-state index contributed by atoms with van der Waals surface area (Å²) in [6, 6.07) is 19.0. The van der Waals surface area contributed by atoms with Crippen LogP contribution in [-0.4, -0.2) is 35.0 Å². The van der Waals surface area contributed by atoms with Crippen molar-refractivity contribution in [2.24, 2.45) is 0 Å². The molecular formula is C23H27N5. The van der Waals surface area contributed by atoms with E-state index >= 15 is 0 Å². The van der Waals surface area contributed by atoms with Crippen molar-refractivity contribution >= 4 is 17.3 Å². The number of nitrogens with zero attached hydrogens (tertiary/aromatic N) is 3. The molecule has 5 heteroatoms. The number of benzene rings is 2. The first-order valence-electron chi connectivity index (χ1n) is 9.81. The van der Waals surface area contributed by atoms with Crippen LogP contribution in [0.2, 0.25) is 0 Å². The Labute approximate surface area is 166 Å². The van der Waals surface area contributed by atoms with Crippen LogP contribution in [-0.2, 0) is 0 Å². The Morgan fingerprint density at radius 3 is 2.39 bits per heavy atom. The van der Waals surface area contributed by atoms with Crippen LogP contribution in [0.4, 0.5) is 17.3 Å². The second kappa shape index (κ2) is 7.98. The minimum Gasteiger partial charge on any atom is -0.399 e. The van der Waals surface area contributed by atoms with Crippen LogP contribution in [0.5, 0.6) is 0 Å². The van der Waals surface area contributed by atoms with Crippen molar-refractivity contribution in [3.63, 3.8) is 0 Å². The molecule has 4 rings (SSSR count). The second-order valence-corrected chi connectivity index (χ2v) is 7.76. The van der Waals surface area contributed by atoms with Crippen LogP contribution in [0.3, 0.4) is 0 Å². The van der Waals surface area contributed by atoms with Crippen LogP contribution in [0.25, 0.3) is 11.3 Å². The predicted octanol–water partition coefficient (Wildman–Crippen LogP) is 4.67. The Hall–Kier alpha value is -2.92. The van der Waals surface area contributed by atoms with E-state index in [2.05, 4.69) is 58.5 Å². The molecule has 5 nitrogen and oxygen atoms in total. The van der Waals surface area contributed by atoms with Gasteiger partial charge in [-0.15, -0.1) is 0 Å². The maximum absolute atomic E-state index is 5.77. The zero-order valence-corrected chi connectivity index (χ0v) is 16.5. The quantitative estimate of drug-likeness (QED) is 0.636. The third kappa shape index (κ3) is 4.15. The van der Waals surface area contributed by atoms with Gasteiger partial charge in [0.1, 0.15) is 0 Å². The average molecular weight is 374 g/mol. The smallest absolute Gasteiger partial charge is 0.227 e. The third-order valence-electron chi connectivity index (χ3n) is 5.64. The predicted molar refractivity (Wildman–Crippen MR) is 116 cm³/mol. The SMILES string of the molecule is CN(C)[C@@H]1CCC(c2ccc(Nc3nccc(-c4ccc(N)cc4)n3)cc2)C1. The van der Waals surface area contributed by atoms with E-state index in [0.29, 0.717) is 17.9 Å². The lowest BCUT2D eigenvalue weighted by molar-refractivity contribution is 0.296. The molecule has 0 saturated heterocycles. The topological polar surface area (TPSA) is 67.1 Å². The molecule has 2 atom stereocenters. The van der Waals surface area contributed by atoms with Gasteiger partial charge in [0.2, 0.25) is 5.95 Å². The van der Waals surface area contributed by atoms with Crippen molar-refractivity contribution in [3.05, 3.63) is 66.4 Å². The Morgan fingerprint density at radius 2 is 1.71 bits per heavy atom. The van der Waals surface area contributed by atoms with E-state index < -0.39 is 0 Å². The minimum atomic E-state index is 0.593. The van der Waals surface area contributed by atoms with Crippen LogP contribution >= 0.6 is 0 Å². The number of nitrogen functional groups attached to an aromatic ring is 1. The van der Waals surface area contributed by atoms with E-state index in [1.165, 1.54) is 24.8 Å². The molecule has 0 spiro atoms. The molecule has 0 aliphatic heterocycles. The van der Waals surface area contributed by atoms with Crippen molar-refractivity contribution in [1.82, 2.24) is 14.9 Å². The largest absolute Gasteiger partial charge is 0.399 e. The number of aromatic nitrogens is 2. The number of anilines is 3. The fourth-order valence-corrected chi connectivity index (χ4v) is 3.93. The summed E-state index contributed by atoms with van der Waals surface area (Å²) in [6.07, 6.45) is 5.56. The van der Waals surface area contributed by atoms with Gasteiger partial charge in [0.05, 0.1) is 5.69 Å². The molecule has 1 fully saturated rings. The monoisotopic (exact) mass is 373 g/mol. The van der Waals surface area contributed by atoms with E-state index in [-0.39, 0.29) is 0 Å². The minimum absolute atomic E-state index is 0.593. The van der Waals surface area contributed by atoms with Crippen molar-refractivity contribution in [3.8, 4) is 11.3 Å². The van der Waals surface area contributed by atoms with E-state index in [1.54, 1.807) is 6.20 Å². The van der Waals surface area contributed by atoms with Crippen molar-refractivity contribution in [2.75, 3.05) is 25.1 Å². The standard InChI is InChI=1S/C23H27N5/c1-28(2)21-12-7-18(15-21)16-5-10-20(11-6-16)26-23-25-14-13-22(27-23)17-3-8-19(24)9-4-17/h3-6,8-11,13-14,18,21H,7,12,15,24H2,1-2H3,(H,25,26,27)/t18?,21-/m1/s1. The highest BCUT2D eigenvalue weighted by Gasteiger charge is 2.26. The molecule has 0 amide bonds. The molecule has 1 heterocycles. The highest BCUT2D eigenvalue weighted by Crippen LogP contribution is 2.36. The Balaban J connectivity index is 1.45. The molecule has 1 unspecified atom stereocenters. The summed E-state index contributed by atoms with van der Waals surface area (Å²) < 4.78 is 0. The Morgan fingerprint density at radius 1 is 0.964 bits per heavy atom. The molecule has 3 N–H and O–H groups in total. The first kappa shape index (κ1) is 18.4. The van der Waals surface area contributed by atoms with E-state index in [1.807, 2.05) is 30.3 Å². The molecular weight excluding hydrogens is 346 g/mol. The van der Waals surface area contributed by atoms with Crippen LogP contribution < -0.4 is 11.1 Å². The third-order valence-corrected chi connectivity index (χ3v) is 5.64. The lowest BCUT2D eigenvalue weighted by atomic mass is 9.97. The molecule has 1 aliphatic carbocycles. The molecule has 1 saturated carbocycles. The Kier molecular flexibility index (Phi) is 5.26. The summed E-state index contributed by atoms with van der Waals surface area (Å²) in [4.78, 5) is 11.3. The summed E-state index contributed by atoms with van der Waals surface area (Å²) in [5.41, 5.74) is 10.8. The van der Waals surface area contributed by atoms with Crippen molar-refractivity contribution in [2.45, 2.75) is 31.2 Å². The summed E-state index contributed by atoms with van der Waals surface area (Å²) >= 11 is 0. The molecule has 0 radical (unpaired) electrons. The number of rotatable bonds is 5. The maximum atomic E-state index is 5.77. The van der Waals surface area contributed by atoms with Gasteiger partial charge in [-0.2, -0.15) is 0 Å². The van der Waals surface area contributed by atoms with Gasteiger partial charge < -0.3 is 16.0 Å². The normalized spacial score (nSPS) is 19.1. The summed E-state index contributed by atoms with van der Waals surface area (Å²) in [5, 5.41) is 3.32. The first-order valence-corrected chi connectivity index (χ1v) is 9.81. The van der Waals surface area contributed by atoms with E-state index in [0.717, 1.165) is 22.6 Å². The highest BCUT2D eigenvalue weighted by atomic mass is 15.1. The van der Waals surface area contributed by atoms with E-state index in [9.17, 15) is 0 Å². The summed E-state index contributed by atoms with van der Waals surface area (Å²) in [6.45, 7) is 0. The second-order valence-electron chi connectivity index (χ2n) is 7.76. The zero-order chi connectivity index (χ0) is 19.5. The number of nitrogens with one attached hydrogen (secondary N) is 1. The van der Waals surface area contributed by atoms with Crippen LogP contribution in [0, 0.1) is 0 Å². The lowest BCUT2D eigenvalue weighted by Gasteiger charge is -2.19. The van der Waals surface area contributed by atoms with Gasteiger partial charge in [-0.1, -0.05) is 24.3 Å². The van der Waals surface area contributed by atoms with E-state index in [4.69, 9.17) is 5.73 Å². The maximum Gasteiger partial charge on any atom is 0.227 e. The molecule has 144 valence electrons. The highest BCUT2D eigenvalue weighted by molar-refractivity contribution is 5.64. The van der Waals surface area contributed by atoms with Gasteiger partial charge in [0, 0.05) is 29.2 Å². The van der Waals surface area contributed by atoms with Gasteiger partial charge in [0.25, 0.3) is 0 Å². The molecule has 1 aliphatic rings. The molecule has 1 aromatic heterocycles. The molecule has 28 heavy (non-hydrogen) atoms. The number of nitrogens with two attached hydrogens (primary N) is 1. The van der Waals surface area contributed by atoms with Gasteiger partial charge in [-0.25, -0.2) is 9.97 Å². The molecule has 3 aromatic rings. The number of hydrogen-bond acceptors (Lipinski definition) is 5. The zero-order valence-electron chi connectivity index (χ0n) is 16.5. The average Bonchev–Trinajstić information content (AvgIpc) is 3.20. The number of hydrogen-bond donors (Lipinski definition) is 2. The summed E-state index contributed by atoms with van der Waals surface area (Å²) in [5.74, 6) is 1.25. The van der Waals surface area contributed by atoms with Gasteiger partial charge >= 0.3 is 0 Å². The summed E-state index contributed by atoms with van der Waals surface area (Å²) in [7, 11) is 4.36. The van der Waals surface area contributed by atoms with Gasteiger partial charge in [-0.05, 0) is 75.2 Å².